The molecular weight excluding hydrogens is 356 g/mol. The van der Waals surface area contributed by atoms with Crippen LogP contribution >= 0.6 is 0 Å². The van der Waals surface area contributed by atoms with E-state index in [1.54, 1.807) is 30.3 Å². The van der Waals surface area contributed by atoms with Gasteiger partial charge in [0.05, 0.1) is 24.3 Å². The molecule has 0 fully saturated rings. The van der Waals surface area contributed by atoms with Gasteiger partial charge in [0.1, 0.15) is 11.5 Å². The number of hydrogen-bond donors (Lipinski definition) is 2. The van der Waals surface area contributed by atoms with Gasteiger partial charge in [0.25, 0.3) is 0 Å². The van der Waals surface area contributed by atoms with E-state index in [4.69, 9.17) is 9.47 Å². The van der Waals surface area contributed by atoms with E-state index in [1.807, 2.05) is 13.0 Å². The maximum absolute atomic E-state index is 12.2. The molecule has 2 rings (SSSR count). The third kappa shape index (κ3) is 5.47. The lowest BCUT2D eigenvalue weighted by Crippen LogP contribution is -2.27. The lowest BCUT2D eigenvalue weighted by atomic mass is 10.3. The summed E-state index contributed by atoms with van der Waals surface area (Å²) in [5.41, 5.74) is 0.553. The van der Waals surface area contributed by atoms with Crippen molar-refractivity contribution in [1.29, 1.82) is 0 Å². The minimum atomic E-state index is -3.68. The van der Waals surface area contributed by atoms with Gasteiger partial charge in [0.15, 0.2) is 0 Å². The second kappa shape index (κ2) is 9.21. The first-order valence-corrected chi connectivity index (χ1v) is 9.60. The molecule has 0 aliphatic carbocycles. The molecule has 2 N–H and O–H groups in total. The highest BCUT2D eigenvalue weighted by Crippen LogP contribution is 2.23. The molecule has 2 aromatic carbocycles. The molecule has 0 bridgehead atoms. The number of anilines is 1. The molecule has 0 saturated carbocycles. The Morgan fingerprint density at radius 2 is 1.77 bits per heavy atom. The van der Waals surface area contributed by atoms with E-state index in [1.165, 1.54) is 19.2 Å². The van der Waals surface area contributed by atoms with E-state index in [0.717, 1.165) is 0 Å². The van der Waals surface area contributed by atoms with Gasteiger partial charge in [-0.05, 0) is 43.3 Å². The minimum absolute atomic E-state index is 0.00412. The topological polar surface area (TPSA) is 93.7 Å². The van der Waals surface area contributed by atoms with Gasteiger partial charge in [-0.25, -0.2) is 13.1 Å². The van der Waals surface area contributed by atoms with E-state index >= 15 is 0 Å². The third-order valence-corrected chi connectivity index (χ3v) is 4.95. The maximum atomic E-state index is 12.2. The van der Waals surface area contributed by atoms with Gasteiger partial charge in [-0.3, -0.25) is 4.79 Å². The van der Waals surface area contributed by atoms with Gasteiger partial charge < -0.3 is 14.8 Å². The normalized spacial score (nSPS) is 11.0. The number of nitrogens with one attached hydrogen (secondary N) is 2. The van der Waals surface area contributed by atoms with Crippen molar-refractivity contribution in [2.45, 2.75) is 18.2 Å². The van der Waals surface area contributed by atoms with Crippen molar-refractivity contribution >= 4 is 21.6 Å². The summed E-state index contributed by atoms with van der Waals surface area (Å²) in [6.07, 6.45) is -0.00412. The molecule has 2 aromatic rings. The second-order valence-electron chi connectivity index (χ2n) is 5.30. The van der Waals surface area contributed by atoms with E-state index in [2.05, 4.69) is 10.0 Å². The van der Waals surface area contributed by atoms with Gasteiger partial charge in [0, 0.05) is 13.0 Å². The number of hydrogen-bond acceptors (Lipinski definition) is 5. The van der Waals surface area contributed by atoms with Crippen LogP contribution < -0.4 is 19.5 Å². The van der Waals surface area contributed by atoms with Crippen molar-refractivity contribution in [2.24, 2.45) is 0 Å². The highest BCUT2D eigenvalue weighted by Gasteiger charge is 2.14. The fourth-order valence-corrected chi connectivity index (χ4v) is 3.23. The smallest absolute Gasteiger partial charge is 0.240 e. The quantitative estimate of drug-likeness (QED) is 0.699. The third-order valence-electron chi connectivity index (χ3n) is 3.47. The van der Waals surface area contributed by atoms with Crippen LogP contribution in [0.4, 0.5) is 5.69 Å². The summed E-state index contributed by atoms with van der Waals surface area (Å²) in [7, 11) is -2.18. The van der Waals surface area contributed by atoms with Gasteiger partial charge in [-0.1, -0.05) is 12.1 Å². The summed E-state index contributed by atoms with van der Waals surface area (Å²) < 4.78 is 37.3. The molecule has 1 amide bonds. The van der Waals surface area contributed by atoms with Crippen LogP contribution in [-0.2, 0) is 14.8 Å². The van der Waals surface area contributed by atoms with Crippen LogP contribution in [0.3, 0.4) is 0 Å². The monoisotopic (exact) mass is 378 g/mol. The van der Waals surface area contributed by atoms with Crippen LogP contribution in [0.1, 0.15) is 13.3 Å². The van der Waals surface area contributed by atoms with Crippen LogP contribution in [0.5, 0.6) is 11.5 Å². The molecule has 140 valence electrons. The van der Waals surface area contributed by atoms with Crippen molar-refractivity contribution in [3.05, 3.63) is 48.5 Å². The molecule has 0 radical (unpaired) electrons. The van der Waals surface area contributed by atoms with Crippen molar-refractivity contribution in [1.82, 2.24) is 4.72 Å². The van der Waals surface area contributed by atoms with Gasteiger partial charge in [0.2, 0.25) is 15.9 Å². The maximum Gasteiger partial charge on any atom is 0.240 e. The highest BCUT2D eigenvalue weighted by atomic mass is 32.2. The molecule has 0 aliphatic heterocycles. The Morgan fingerprint density at radius 3 is 2.42 bits per heavy atom. The number of methoxy groups -OCH3 is 1. The van der Waals surface area contributed by atoms with Crippen LogP contribution in [0, 0.1) is 0 Å². The Balaban J connectivity index is 1.89. The van der Waals surface area contributed by atoms with Gasteiger partial charge in [-0.15, -0.1) is 0 Å². The molecule has 0 heterocycles. The van der Waals surface area contributed by atoms with Gasteiger partial charge >= 0.3 is 0 Å². The predicted molar refractivity (Wildman–Crippen MR) is 99.0 cm³/mol. The number of rotatable bonds is 9. The Hall–Kier alpha value is -2.58. The Morgan fingerprint density at radius 1 is 1.08 bits per heavy atom. The van der Waals surface area contributed by atoms with Crippen molar-refractivity contribution in [3.63, 3.8) is 0 Å². The fourth-order valence-electron chi connectivity index (χ4n) is 2.20. The number of amides is 1. The lowest BCUT2D eigenvalue weighted by molar-refractivity contribution is -0.116. The molecule has 0 aromatic heterocycles. The van der Waals surface area contributed by atoms with E-state index in [-0.39, 0.29) is 23.8 Å². The Kier molecular flexibility index (Phi) is 6.99. The van der Waals surface area contributed by atoms with Crippen molar-refractivity contribution in [2.75, 3.05) is 25.6 Å². The number of ether oxygens (including phenoxy) is 2. The number of carbonyl (C=O) groups excluding carboxylic acids is 1. The zero-order valence-electron chi connectivity index (χ0n) is 14.7. The first-order chi connectivity index (χ1) is 12.5. The average Bonchev–Trinajstić information content (AvgIpc) is 2.63. The molecule has 7 nitrogen and oxygen atoms in total. The van der Waals surface area contributed by atoms with Crippen LogP contribution in [0.25, 0.3) is 0 Å². The second-order valence-corrected chi connectivity index (χ2v) is 7.07. The summed E-state index contributed by atoms with van der Waals surface area (Å²) in [6, 6.07) is 13.1. The molecule has 0 aliphatic rings. The molecule has 0 saturated heterocycles. The van der Waals surface area contributed by atoms with E-state index in [9.17, 15) is 13.2 Å². The molecule has 26 heavy (non-hydrogen) atoms. The van der Waals surface area contributed by atoms with Crippen LogP contribution in [-0.4, -0.2) is 34.6 Å². The van der Waals surface area contributed by atoms with E-state index in [0.29, 0.717) is 23.8 Å². The first kappa shape index (κ1) is 19.7. The lowest BCUT2D eigenvalue weighted by Gasteiger charge is -2.11. The fraction of sp³-hybridized carbons (Fsp3) is 0.278. The molecule has 8 heteroatoms. The minimum Gasteiger partial charge on any atom is -0.497 e. The van der Waals surface area contributed by atoms with Gasteiger partial charge in [-0.2, -0.15) is 0 Å². The summed E-state index contributed by atoms with van der Waals surface area (Å²) in [5.74, 6) is 0.827. The molecule has 0 unspecified atom stereocenters. The number of benzene rings is 2. The molecule has 0 atom stereocenters. The largest absolute Gasteiger partial charge is 0.497 e. The summed E-state index contributed by atoms with van der Waals surface area (Å²) >= 11 is 0. The highest BCUT2D eigenvalue weighted by molar-refractivity contribution is 7.89. The Labute approximate surface area is 153 Å². The summed E-state index contributed by atoms with van der Waals surface area (Å²) in [6.45, 7) is 2.32. The number of sulfonamides is 1. The summed E-state index contributed by atoms with van der Waals surface area (Å²) in [5, 5.41) is 2.72. The zero-order valence-corrected chi connectivity index (χ0v) is 15.5. The first-order valence-electron chi connectivity index (χ1n) is 8.11. The SMILES string of the molecule is CCOc1ccccc1NC(=O)CCNS(=O)(=O)c1ccc(OC)cc1. The number of para-hydroxylation sites is 2. The van der Waals surface area contributed by atoms with Crippen LogP contribution in [0.15, 0.2) is 53.4 Å². The van der Waals surface area contributed by atoms with Crippen LogP contribution in [0.2, 0.25) is 0 Å². The zero-order chi connectivity index (χ0) is 19.0. The molecule has 0 spiro atoms. The summed E-state index contributed by atoms with van der Waals surface area (Å²) in [4.78, 5) is 12.2. The van der Waals surface area contributed by atoms with Crippen molar-refractivity contribution in [3.8, 4) is 11.5 Å². The average molecular weight is 378 g/mol. The number of carbonyl (C=O) groups is 1. The van der Waals surface area contributed by atoms with E-state index < -0.39 is 10.0 Å². The van der Waals surface area contributed by atoms with Crippen molar-refractivity contribution < 1.29 is 22.7 Å². The standard InChI is InChI=1S/C18H22N2O5S/c1-3-25-17-7-5-4-6-16(17)20-18(21)12-13-19-26(22,23)15-10-8-14(24-2)9-11-15/h4-11,19H,3,12-13H2,1-2H3,(H,20,21). The molecular formula is C18H22N2O5S. The predicted octanol–water partition coefficient (Wildman–Crippen LogP) is 2.40. The Bertz CT molecular complexity index is 835.